The van der Waals surface area contributed by atoms with Gasteiger partial charge in [-0.3, -0.25) is 9.48 Å². The molecule has 0 N–H and O–H groups in total. The summed E-state index contributed by atoms with van der Waals surface area (Å²) in [5, 5.41) is 4.36. The van der Waals surface area contributed by atoms with Crippen LogP contribution in [0.1, 0.15) is 45.3 Å². The highest BCUT2D eigenvalue weighted by Crippen LogP contribution is 2.09. The Balaban J connectivity index is 2.63. The van der Waals surface area contributed by atoms with Crippen molar-refractivity contribution in [3.8, 4) is 0 Å². The van der Waals surface area contributed by atoms with Gasteiger partial charge in [-0.1, -0.05) is 13.8 Å². The molecule has 0 saturated carbocycles. The van der Waals surface area contributed by atoms with Gasteiger partial charge in [0.05, 0.1) is 12.1 Å². The molecule has 14 heavy (non-hydrogen) atoms. The Morgan fingerprint density at radius 2 is 2.29 bits per heavy atom. The second kappa shape index (κ2) is 4.94. The van der Waals surface area contributed by atoms with Crippen LogP contribution >= 0.6 is 0 Å². The Labute approximate surface area is 85.1 Å². The second-order valence-electron chi connectivity index (χ2n) is 3.61. The number of Topliss-reactive ketones (excluding diaryl/α,β-unsaturated/α-hetero) is 1. The monoisotopic (exact) mass is 194 g/mol. The molecule has 0 aliphatic carbocycles. The summed E-state index contributed by atoms with van der Waals surface area (Å²) in [5.74, 6) is 0.249. The molecule has 1 aromatic heterocycles. The maximum atomic E-state index is 11.2. The zero-order valence-electron chi connectivity index (χ0n) is 9.16. The van der Waals surface area contributed by atoms with E-state index in [9.17, 15) is 4.79 Å². The minimum atomic E-state index is 0.249. The minimum absolute atomic E-state index is 0.249. The quantitative estimate of drug-likeness (QED) is 0.721. The van der Waals surface area contributed by atoms with Crippen molar-refractivity contribution in [2.75, 3.05) is 0 Å². The van der Waals surface area contributed by atoms with Crippen LogP contribution in [0.15, 0.2) is 12.3 Å². The number of carbonyl (C=O) groups is 1. The van der Waals surface area contributed by atoms with E-state index < -0.39 is 0 Å². The molecule has 1 atom stereocenters. The molecule has 3 nitrogen and oxygen atoms in total. The number of aromatic nitrogens is 2. The van der Waals surface area contributed by atoms with Crippen LogP contribution < -0.4 is 0 Å². The van der Waals surface area contributed by atoms with Gasteiger partial charge in [0.25, 0.3) is 0 Å². The van der Waals surface area contributed by atoms with E-state index in [2.05, 4.69) is 18.9 Å². The third-order valence-corrected chi connectivity index (χ3v) is 2.48. The summed E-state index contributed by atoms with van der Waals surface area (Å²) in [6.45, 7) is 6.13. The number of rotatable bonds is 5. The first kappa shape index (κ1) is 11.0. The summed E-state index contributed by atoms with van der Waals surface area (Å²) in [6.07, 6.45) is 4.07. The van der Waals surface area contributed by atoms with Crippen LogP contribution in [0.5, 0.6) is 0 Å². The fourth-order valence-electron chi connectivity index (χ4n) is 1.23. The number of hydrogen-bond acceptors (Lipinski definition) is 2. The van der Waals surface area contributed by atoms with E-state index in [1.165, 1.54) is 0 Å². The fourth-order valence-corrected chi connectivity index (χ4v) is 1.23. The molecule has 1 heterocycles. The molecule has 1 unspecified atom stereocenters. The van der Waals surface area contributed by atoms with Crippen LogP contribution in [0.4, 0.5) is 0 Å². The molecule has 0 amide bonds. The molecule has 0 spiro atoms. The van der Waals surface area contributed by atoms with Crippen molar-refractivity contribution in [2.24, 2.45) is 0 Å². The van der Waals surface area contributed by atoms with Crippen LogP contribution in [-0.4, -0.2) is 15.6 Å². The zero-order chi connectivity index (χ0) is 10.6. The van der Waals surface area contributed by atoms with Crippen LogP contribution in [0, 0.1) is 0 Å². The highest BCUT2D eigenvalue weighted by molar-refractivity contribution is 5.80. The van der Waals surface area contributed by atoms with Crippen molar-refractivity contribution >= 4 is 5.78 Å². The normalized spacial score (nSPS) is 12.8. The van der Waals surface area contributed by atoms with Gasteiger partial charge in [0.15, 0.2) is 0 Å². The molecule has 1 rings (SSSR count). The van der Waals surface area contributed by atoms with Crippen molar-refractivity contribution in [3.63, 3.8) is 0 Å². The predicted molar refractivity (Wildman–Crippen MR) is 56.2 cm³/mol. The van der Waals surface area contributed by atoms with E-state index in [0.29, 0.717) is 18.9 Å². The first-order valence-electron chi connectivity index (χ1n) is 5.23. The van der Waals surface area contributed by atoms with Gasteiger partial charge in [0.2, 0.25) is 0 Å². The Hall–Kier alpha value is -1.12. The lowest BCUT2D eigenvalue weighted by atomic mass is 10.2. The number of nitrogens with zero attached hydrogens (tertiary/aromatic N) is 2. The van der Waals surface area contributed by atoms with Crippen LogP contribution in [0.25, 0.3) is 0 Å². The van der Waals surface area contributed by atoms with Crippen LogP contribution in [0.2, 0.25) is 0 Å². The average Bonchev–Trinajstić information content (AvgIpc) is 2.65. The molecule has 0 bridgehead atoms. The van der Waals surface area contributed by atoms with Gasteiger partial charge in [-0.15, -0.1) is 0 Å². The van der Waals surface area contributed by atoms with Gasteiger partial charge in [0, 0.05) is 18.7 Å². The molecule has 0 aliphatic rings. The van der Waals surface area contributed by atoms with E-state index in [1.807, 2.05) is 23.9 Å². The lowest BCUT2D eigenvalue weighted by Crippen LogP contribution is -2.06. The van der Waals surface area contributed by atoms with Gasteiger partial charge in [-0.2, -0.15) is 5.10 Å². The minimum Gasteiger partial charge on any atom is -0.299 e. The lowest BCUT2D eigenvalue weighted by molar-refractivity contribution is -0.118. The molecular weight excluding hydrogens is 176 g/mol. The van der Waals surface area contributed by atoms with Gasteiger partial charge in [-0.05, 0) is 19.4 Å². The first-order chi connectivity index (χ1) is 6.67. The number of carbonyl (C=O) groups excluding carboxylic acids is 1. The molecule has 3 heteroatoms. The van der Waals surface area contributed by atoms with Gasteiger partial charge >= 0.3 is 0 Å². The molecule has 1 aromatic rings. The topological polar surface area (TPSA) is 34.9 Å². The standard InChI is InChI=1S/C11H18N2O/c1-4-9(3)13-7-6-10(12-13)8-11(14)5-2/h6-7,9H,4-5,8H2,1-3H3. The summed E-state index contributed by atoms with van der Waals surface area (Å²) < 4.78 is 1.93. The first-order valence-corrected chi connectivity index (χ1v) is 5.23. The summed E-state index contributed by atoms with van der Waals surface area (Å²) >= 11 is 0. The van der Waals surface area contributed by atoms with Crippen molar-refractivity contribution in [1.29, 1.82) is 0 Å². The van der Waals surface area contributed by atoms with E-state index in [4.69, 9.17) is 0 Å². The molecule has 0 fully saturated rings. The molecule has 0 saturated heterocycles. The van der Waals surface area contributed by atoms with Crippen molar-refractivity contribution < 1.29 is 4.79 Å². The molecule has 0 aromatic carbocycles. The highest BCUT2D eigenvalue weighted by atomic mass is 16.1. The second-order valence-corrected chi connectivity index (χ2v) is 3.61. The van der Waals surface area contributed by atoms with Crippen LogP contribution in [-0.2, 0) is 11.2 Å². The van der Waals surface area contributed by atoms with Crippen molar-refractivity contribution in [3.05, 3.63) is 18.0 Å². The Morgan fingerprint density at radius 1 is 1.57 bits per heavy atom. The van der Waals surface area contributed by atoms with Crippen LogP contribution in [0.3, 0.4) is 0 Å². The Kier molecular flexibility index (Phi) is 3.86. The van der Waals surface area contributed by atoms with Crippen molar-refractivity contribution in [1.82, 2.24) is 9.78 Å². The van der Waals surface area contributed by atoms with E-state index >= 15 is 0 Å². The summed E-state index contributed by atoms with van der Waals surface area (Å²) in [5.41, 5.74) is 0.886. The molecular formula is C11H18N2O. The third kappa shape index (κ3) is 2.69. The third-order valence-electron chi connectivity index (χ3n) is 2.48. The zero-order valence-corrected chi connectivity index (χ0v) is 9.16. The molecule has 78 valence electrons. The average molecular weight is 194 g/mol. The molecule has 0 aliphatic heterocycles. The van der Waals surface area contributed by atoms with Gasteiger partial charge < -0.3 is 0 Å². The fraction of sp³-hybridized carbons (Fsp3) is 0.636. The van der Waals surface area contributed by atoms with E-state index in [-0.39, 0.29) is 5.78 Å². The smallest absolute Gasteiger partial charge is 0.138 e. The van der Waals surface area contributed by atoms with Gasteiger partial charge in [-0.25, -0.2) is 0 Å². The van der Waals surface area contributed by atoms with E-state index in [1.54, 1.807) is 0 Å². The van der Waals surface area contributed by atoms with E-state index in [0.717, 1.165) is 12.1 Å². The predicted octanol–water partition coefficient (Wildman–Crippen LogP) is 2.38. The Morgan fingerprint density at radius 3 is 2.86 bits per heavy atom. The summed E-state index contributed by atoms with van der Waals surface area (Å²) in [4.78, 5) is 11.2. The highest BCUT2D eigenvalue weighted by Gasteiger charge is 2.07. The number of ketones is 1. The lowest BCUT2D eigenvalue weighted by Gasteiger charge is -2.07. The molecule has 0 radical (unpaired) electrons. The summed E-state index contributed by atoms with van der Waals surface area (Å²) in [7, 11) is 0. The maximum Gasteiger partial charge on any atom is 0.138 e. The largest absolute Gasteiger partial charge is 0.299 e. The number of hydrogen-bond donors (Lipinski definition) is 0. The Bertz CT molecular complexity index is 304. The van der Waals surface area contributed by atoms with Gasteiger partial charge in [0.1, 0.15) is 5.78 Å². The summed E-state index contributed by atoms with van der Waals surface area (Å²) in [6, 6.07) is 2.35. The maximum absolute atomic E-state index is 11.2. The van der Waals surface area contributed by atoms with Crippen molar-refractivity contribution in [2.45, 2.75) is 46.1 Å². The SMILES string of the molecule is CCC(=O)Cc1ccn(C(C)CC)n1.